The zero-order valence-electron chi connectivity index (χ0n) is 8.80. The lowest BCUT2D eigenvalue weighted by molar-refractivity contribution is 0.290. The van der Waals surface area contributed by atoms with Crippen LogP contribution in [-0.4, -0.2) is 9.97 Å². The van der Waals surface area contributed by atoms with E-state index in [1.165, 1.54) is 12.4 Å². The second kappa shape index (κ2) is 5.41. The largest absolute Gasteiger partial charge is 0.471 e. The Hall–Kier alpha value is -1.93. The number of hydrogen-bond acceptors (Lipinski definition) is 4. The zero-order chi connectivity index (χ0) is 12.1. The molecule has 0 aliphatic rings. The lowest BCUT2D eigenvalue weighted by atomic mass is 10.2. The molecule has 0 spiro atoms. The van der Waals surface area contributed by atoms with Crippen molar-refractivity contribution in [3.05, 3.63) is 52.4 Å². The van der Waals surface area contributed by atoms with Crippen molar-refractivity contribution in [3.8, 4) is 11.9 Å². The van der Waals surface area contributed by atoms with Crippen LogP contribution in [0.2, 0.25) is 0 Å². The van der Waals surface area contributed by atoms with Crippen molar-refractivity contribution in [1.29, 1.82) is 5.26 Å². The van der Waals surface area contributed by atoms with Gasteiger partial charge in [-0.25, -0.2) is 9.97 Å². The number of nitrogens with zero attached hydrogens (tertiary/aromatic N) is 3. The summed E-state index contributed by atoms with van der Waals surface area (Å²) in [6.45, 7) is 0.342. The maximum atomic E-state index is 8.83. The molecule has 0 aliphatic carbocycles. The molecule has 17 heavy (non-hydrogen) atoms. The minimum absolute atomic E-state index is 0.194. The molecule has 0 aliphatic heterocycles. The number of halogens is 1. The van der Waals surface area contributed by atoms with Gasteiger partial charge in [-0.1, -0.05) is 34.1 Å². The molecule has 0 atom stereocenters. The fourth-order valence-corrected chi connectivity index (χ4v) is 1.67. The van der Waals surface area contributed by atoms with Crippen LogP contribution in [0.25, 0.3) is 0 Å². The summed E-state index contributed by atoms with van der Waals surface area (Å²) < 4.78 is 6.43. The fourth-order valence-electron chi connectivity index (χ4n) is 1.27. The van der Waals surface area contributed by atoms with Gasteiger partial charge in [0.05, 0.1) is 0 Å². The Morgan fingerprint density at radius 3 is 2.76 bits per heavy atom. The van der Waals surface area contributed by atoms with Gasteiger partial charge in [0.2, 0.25) is 5.69 Å². The first-order chi connectivity index (χ1) is 8.31. The van der Waals surface area contributed by atoms with Crippen LogP contribution in [0.4, 0.5) is 0 Å². The highest BCUT2D eigenvalue weighted by molar-refractivity contribution is 9.10. The summed E-state index contributed by atoms with van der Waals surface area (Å²) in [4.78, 5) is 7.84. The summed E-state index contributed by atoms with van der Waals surface area (Å²) in [5.41, 5.74) is 1.18. The van der Waals surface area contributed by atoms with E-state index in [-0.39, 0.29) is 11.6 Å². The van der Waals surface area contributed by atoms with Crippen LogP contribution in [0.5, 0.6) is 5.88 Å². The molecule has 0 amide bonds. The molecule has 1 aromatic carbocycles. The molecular formula is C12H8BrN3O. The van der Waals surface area contributed by atoms with Gasteiger partial charge in [0.1, 0.15) is 12.7 Å². The second-order valence-electron chi connectivity index (χ2n) is 3.20. The molecule has 2 rings (SSSR count). The minimum atomic E-state index is 0.194. The summed E-state index contributed by atoms with van der Waals surface area (Å²) in [7, 11) is 0. The van der Waals surface area contributed by atoms with Gasteiger partial charge in [-0.2, -0.15) is 5.26 Å². The van der Waals surface area contributed by atoms with E-state index in [0.717, 1.165) is 10.0 Å². The Bertz CT molecular complexity index is 566. The fraction of sp³-hybridized carbons (Fsp3) is 0.0833. The van der Waals surface area contributed by atoms with E-state index >= 15 is 0 Å². The van der Waals surface area contributed by atoms with Gasteiger partial charge in [-0.05, 0) is 6.07 Å². The molecule has 0 bridgehead atoms. The number of benzene rings is 1. The minimum Gasteiger partial charge on any atom is -0.471 e. The van der Waals surface area contributed by atoms with Crippen LogP contribution < -0.4 is 4.74 Å². The summed E-state index contributed by atoms with van der Waals surface area (Å²) in [6, 6.07) is 9.65. The lowest BCUT2D eigenvalue weighted by Crippen LogP contribution is -2.01. The van der Waals surface area contributed by atoms with E-state index in [1.807, 2.05) is 30.3 Å². The highest BCUT2D eigenvalue weighted by Gasteiger charge is 2.06. The van der Waals surface area contributed by atoms with Gasteiger partial charge >= 0.3 is 0 Å². The smallest absolute Gasteiger partial charge is 0.251 e. The monoisotopic (exact) mass is 289 g/mol. The van der Waals surface area contributed by atoms with E-state index in [4.69, 9.17) is 10.00 Å². The summed E-state index contributed by atoms with van der Waals surface area (Å²) >= 11 is 3.42. The molecule has 0 radical (unpaired) electrons. The highest BCUT2D eigenvalue weighted by Crippen LogP contribution is 2.18. The molecule has 4 nitrogen and oxygen atoms in total. The van der Waals surface area contributed by atoms with Gasteiger partial charge in [0, 0.05) is 22.4 Å². The number of ether oxygens (including phenoxy) is 1. The SMILES string of the molecule is N#Cc1nccnc1OCc1ccccc1Br. The van der Waals surface area contributed by atoms with E-state index in [2.05, 4.69) is 25.9 Å². The van der Waals surface area contributed by atoms with E-state index in [1.54, 1.807) is 0 Å². The summed E-state index contributed by atoms with van der Waals surface area (Å²) in [5.74, 6) is 0.255. The maximum absolute atomic E-state index is 8.83. The molecule has 0 saturated carbocycles. The highest BCUT2D eigenvalue weighted by atomic mass is 79.9. The van der Waals surface area contributed by atoms with Crippen molar-refractivity contribution in [2.45, 2.75) is 6.61 Å². The van der Waals surface area contributed by atoms with Crippen LogP contribution in [0.1, 0.15) is 11.3 Å². The lowest BCUT2D eigenvalue weighted by Gasteiger charge is -2.07. The first kappa shape index (κ1) is 11.6. The number of nitriles is 1. The predicted molar refractivity (Wildman–Crippen MR) is 65.2 cm³/mol. The van der Waals surface area contributed by atoms with Crippen molar-refractivity contribution in [2.75, 3.05) is 0 Å². The van der Waals surface area contributed by atoms with E-state index in [0.29, 0.717) is 6.61 Å². The van der Waals surface area contributed by atoms with Gasteiger partial charge in [0.15, 0.2) is 0 Å². The molecule has 5 heteroatoms. The molecule has 0 fully saturated rings. The standard InChI is InChI=1S/C12H8BrN3O/c13-10-4-2-1-3-9(10)8-17-12-11(7-14)15-5-6-16-12/h1-6H,8H2. The average Bonchev–Trinajstić information content (AvgIpc) is 2.38. The Balaban J connectivity index is 2.13. The number of rotatable bonds is 3. The quantitative estimate of drug-likeness (QED) is 0.872. The molecule has 2 aromatic rings. The van der Waals surface area contributed by atoms with Gasteiger partial charge in [-0.3, -0.25) is 0 Å². The van der Waals surface area contributed by atoms with E-state index in [9.17, 15) is 0 Å². The van der Waals surface area contributed by atoms with Gasteiger partial charge in [0.25, 0.3) is 5.88 Å². The molecule has 1 heterocycles. The molecule has 0 saturated heterocycles. The van der Waals surface area contributed by atoms with Crippen molar-refractivity contribution in [1.82, 2.24) is 9.97 Å². The van der Waals surface area contributed by atoms with Crippen LogP contribution in [-0.2, 0) is 6.61 Å². The predicted octanol–water partition coefficient (Wildman–Crippen LogP) is 2.69. The third kappa shape index (κ3) is 2.80. The van der Waals surface area contributed by atoms with Crippen molar-refractivity contribution in [2.24, 2.45) is 0 Å². The second-order valence-corrected chi connectivity index (χ2v) is 4.06. The Labute approximate surface area is 107 Å². The van der Waals surface area contributed by atoms with Gasteiger partial charge < -0.3 is 4.74 Å². The average molecular weight is 290 g/mol. The van der Waals surface area contributed by atoms with Crippen molar-refractivity contribution in [3.63, 3.8) is 0 Å². The Kier molecular flexibility index (Phi) is 3.68. The molecule has 0 unspecified atom stereocenters. The molecule has 0 N–H and O–H groups in total. The summed E-state index contributed by atoms with van der Waals surface area (Å²) in [6.07, 6.45) is 2.96. The number of hydrogen-bond donors (Lipinski definition) is 0. The Morgan fingerprint density at radius 2 is 2.00 bits per heavy atom. The van der Waals surface area contributed by atoms with Crippen molar-refractivity contribution >= 4 is 15.9 Å². The zero-order valence-corrected chi connectivity index (χ0v) is 10.4. The number of aromatic nitrogens is 2. The molecular weight excluding hydrogens is 282 g/mol. The third-order valence-corrected chi connectivity index (χ3v) is 2.87. The van der Waals surface area contributed by atoms with Crippen molar-refractivity contribution < 1.29 is 4.74 Å². The van der Waals surface area contributed by atoms with Crippen LogP contribution in [0.3, 0.4) is 0 Å². The maximum Gasteiger partial charge on any atom is 0.251 e. The summed E-state index contributed by atoms with van der Waals surface area (Å²) in [5, 5.41) is 8.83. The first-order valence-corrected chi connectivity index (χ1v) is 5.68. The van der Waals surface area contributed by atoms with Crippen LogP contribution in [0, 0.1) is 11.3 Å². The van der Waals surface area contributed by atoms with Crippen LogP contribution >= 0.6 is 15.9 Å². The van der Waals surface area contributed by atoms with Crippen LogP contribution in [0.15, 0.2) is 41.1 Å². The first-order valence-electron chi connectivity index (χ1n) is 4.88. The molecule has 84 valence electrons. The Morgan fingerprint density at radius 1 is 1.24 bits per heavy atom. The topological polar surface area (TPSA) is 58.8 Å². The third-order valence-electron chi connectivity index (χ3n) is 2.09. The normalized spacial score (nSPS) is 9.65. The molecule has 1 aromatic heterocycles. The van der Waals surface area contributed by atoms with Gasteiger partial charge in [-0.15, -0.1) is 0 Å². The van der Waals surface area contributed by atoms with E-state index < -0.39 is 0 Å².